The summed E-state index contributed by atoms with van der Waals surface area (Å²) in [7, 11) is 0. The molecule has 0 saturated heterocycles. The molecule has 1 atom stereocenters. The van der Waals surface area contributed by atoms with Gasteiger partial charge in [-0.2, -0.15) is 0 Å². The first-order chi connectivity index (χ1) is 6.02. The van der Waals surface area contributed by atoms with Crippen molar-refractivity contribution >= 4 is 5.97 Å². The number of rotatable bonds is 3. The van der Waals surface area contributed by atoms with Crippen LogP contribution in [0, 0.1) is 0 Å². The van der Waals surface area contributed by atoms with Crippen molar-refractivity contribution < 1.29 is 14.3 Å². The fourth-order valence-electron chi connectivity index (χ4n) is 0.760. The fourth-order valence-corrected chi connectivity index (χ4v) is 0.760. The third-order valence-corrected chi connectivity index (χ3v) is 1.69. The smallest absolute Gasteiger partial charge is 0.315 e. The average Bonchev–Trinajstić information content (AvgIpc) is 2.50. The SMILES string of the molecule is CC(C)c1nnc(C(C)C(=O)O)o1. The zero-order valence-electron chi connectivity index (χ0n) is 7.81. The summed E-state index contributed by atoms with van der Waals surface area (Å²) in [6.45, 7) is 5.32. The van der Waals surface area contributed by atoms with Crippen LogP contribution in [0.1, 0.15) is 44.4 Å². The lowest BCUT2D eigenvalue weighted by Gasteiger charge is -1.98. The van der Waals surface area contributed by atoms with Gasteiger partial charge >= 0.3 is 5.97 Å². The molecule has 0 aliphatic heterocycles. The van der Waals surface area contributed by atoms with E-state index in [4.69, 9.17) is 9.52 Å². The summed E-state index contributed by atoms with van der Waals surface area (Å²) >= 11 is 0. The topological polar surface area (TPSA) is 76.2 Å². The molecule has 0 aliphatic carbocycles. The van der Waals surface area contributed by atoms with Crippen LogP contribution in [0.4, 0.5) is 0 Å². The minimum atomic E-state index is -0.959. The second-order valence-electron chi connectivity index (χ2n) is 3.19. The Kier molecular flexibility index (Phi) is 2.65. The monoisotopic (exact) mass is 184 g/mol. The van der Waals surface area contributed by atoms with E-state index in [0.29, 0.717) is 5.89 Å². The summed E-state index contributed by atoms with van der Waals surface area (Å²) in [6.07, 6.45) is 0. The van der Waals surface area contributed by atoms with Crippen molar-refractivity contribution in [2.24, 2.45) is 0 Å². The van der Waals surface area contributed by atoms with Crippen LogP contribution in [0.2, 0.25) is 0 Å². The van der Waals surface area contributed by atoms with Gasteiger partial charge in [0.15, 0.2) is 0 Å². The number of nitrogens with zero attached hydrogens (tertiary/aromatic N) is 2. The molecule has 0 bridgehead atoms. The van der Waals surface area contributed by atoms with Crippen molar-refractivity contribution in [1.29, 1.82) is 0 Å². The molecule has 0 radical (unpaired) electrons. The standard InChI is InChI=1S/C8H12N2O3/c1-4(2)6-9-10-7(13-6)5(3)8(11)12/h4-5H,1-3H3,(H,11,12). The Balaban J connectivity index is 2.85. The Morgan fingerprint density at radius 1 is 1.31 bits per heavy atom. The van der Waals surface area contributed by atoms with Gasteiger partial charge in [-0.15, -0.1) is 10.2 Å². The van der Waals surface area contributed by atoms with E-state index >= 15 is 0 Å². The minimum Gasteiger partial charge on any atom is -0.481 e. The number of hydrogen-bond acceptors (Lipinski definition) is 4. The molecule has 1 N–H and O–H groups in total. The van der Waals surface area contributed by atoms with Crippen molar-refractivity contribution in [1.82, 2.24) is 10.2 Å². The third kappa shape index (κ3) is 2.05. The number of hydrogen-bond donors (Lipinski definition) is 1. The van der Waals surface area contributed by atoms with Crippen molar-refractivity contribution in [2.45, 2.75) is 32.6 Å². The lowest BCUT2D eigenvalue weighted by molar-refractivity contribution is -0.138. The van der Waals surface area contributed by atoms with Crippen molar-refractivity contribution in [3.63, 3.8) is 0 Å². The molecule has 5 nitrogen and oxygen atoms in total. The summed E-state index contributed by atoms with van der Waals surface area (Å²) in [5.41, 5.74) is 0. The Labute approximate surface area is 75.8 Å². The van der Waals surface area contributed by atoms with Crippen molar-refractivity contribution in [2.75, 3.05) is 0 Å². The van der Waals surface area contributed by atoms with Gasteiger partial charge in [-0.3, -0.25) is 4.79 Å². The average molecular weight is 184 g/mol. The molecule has 0 fully saturated rings. The number of carboxylic acid groups (broad SMARTS) is 1. The van der Waals surface area contributed by atoms with Crippen LogP contribution in [-0.2, 0) is 4.79 Å². The minimum absolute atomic E-state index is 0.127. The summed E-state index contributed by atoms with van der Waals surface area (Å²) < 4.78 is 5.17. The molecule has 0 spiro atoms. The molecule has 1 unspecified atom stereocenters. The van der Waals surface area contributed by atoms with Crippen LogP contribution < -0.4 is 0 Å². The van der Waals surface area contributed by atoms with Crippen LogP contribution in [0.5, 0.6) is 0 Å². The van der Waals surface area contributed by atoms with E-state index in [-0.39, 0.29) is 11.8 Å². The number of aromatic nitrogens is 2. The first-order valence-corrected chi connectivity index (χ1v) is 4.08. The van der Waals surface area contributed by atoms with Gasteiger partial charge in [-0.05, 0) is 6.92 Å². The molecule has 1 aromatic rings. The van der Waals surface area contributed by atoms with Crippen LogP contribution in [0.3, 0.4) is 0 Å². The summed E-state index contributed by atoms with van der Waals surface area (Å²) in [4.78, 5) is 10.6. The van der Waals surface area contributed by atoms with E-state index in [1.54, 1.807) is 0 Å². The lowest BCUT2D eigenvalue weighted by atomic mass is 10.2. The molecule has 0 saturated carbocycles. The molecule has 5 heteroatoms. The van der Waals surface area contributed by atoms with E-state index in [0.717, 1.165) is 0 Å². The molecule has 0 amide bonds. The van der Waals surface area contributed by atoms with E-state index in [2.05, 4.69) is 10.2 Å². The van der Waals surface area contributed by atoms with Gasteiger partial charge in [-0.1, -0.05) is 13.8 Å². The Morgan fingerprint density at radius 3 is 2.23 bits per heavy atom. The number of carbonyl (C=O) groups is 1. The van der Waals surface area contributed by atoms with Gasteiger partial charge < -0.3 is 9.52 Å². The Hall–Kier alpha value is -1.39. The maximum absolute atomic E-state index is 10.6. The second-order valence-corrected chi connectivity index (χ2v) is 3.19. The maximum Gasteiger partial charge on any atom is 0.315 e. The van der Waals surface area contributed by atoms with Gasteiger partial charge in [0, 0.05) is 5.92 Å². The van der Waals surface area contributed by atoms with Gasteiger partial charge in [-0.25, -0.2) is 0 Å². The molecule has 0 aromatic carbocycles. The first kappa shape index (κ1) is 9.70. The van der Waals surface area contributed by atoms with Gasteiger partial charge in [0.1, 0.15) is 5.92 Å². The highest BCUT2D eigenvalue weighted by atomic mass is 16.4. The lowest BCUT2D eigenvalue weighted by Crippen LogP contribution is -2.07. The third-order valence-electron chi connectivity index (χ3n) is 1.69. The summed E-state index contributed by atoms with van der Waals surface area (Å²) in [5, 5.41) is 16.1. The summed E-state index contributed by atoms with van der Waals surface area (Å²) in [5.74, 6) is -0.930. The first-order valence-electron chi connectivity index (χ1n) is 4.08. The maximum atomic E-state index is 10.6. The molecule has 1 heterocycles. The largest absolute Gasteiger partial charge is 0.481 e. The normalized spacial score (nSPS) is 13.2. The van der Waals surface area contributed by atoms with Crippen LogP contribution in [-0.4, -0.2) is 21.3 Å². The zero-order valence-corrected chi connectivity index (χ0v) is 7.81. The molecule has 72 valence electrons. The fraction of sp³-hybridized carbons (Fsp3) is 0.625. The molecule has 0 aliphatic rings. The zero-order chi connectivity index (χ0) is 10.0. The van der Waals surface area contributed by atoms with E-state index in [1.165, 1.54) is 6.92 Å². The highest BCUT2D eigenvalue weighted by molar-refractivity contribution is 5.73. The van der Waals surface area contributed by atoms with Crippen molar-refractivity contribution in [3.8, 4) is 0 Å². The molecule has 1 aromatic heterocycles. The Morgan fingerprint density at radius 2 is 1.85 bits per heavy atom. The molecule has 13 heavy (non-hydrogen) atoms. The molecular weight excluding hydrogens is 172 g/mol. The van der Waals surface area contributed by atoms with Crippen LogP contribution >= 0.6 is 0 Å². The molecule has 1 rings (SSSR count). The van der Waals surface area contributed by atoms with Gasteiger partial charge in [0.25, 0.3) is 0 Å². The van der Waals surface area contributed by atoms with E-state index in [1.807, 2.05) is 13.8 Å². The van der Waals surface area contributed by atoms with E-state index < -0.39 is 11.9 Å². The number of carboxylic acids is 1. The Bertz CT molecular complexity index is 306. The highest BCUT2D eigenvalue weighted by Crippen LogP contribution is 2.17. The second kappa shape index (κ2) is 3.55. The molecular formula is C8H12N2O3. The van der Waals surface area contributed by atoms with Gasteiger partial charge in [0.05, 0.1) is 0 Å². The van der Waals surface area contributed by atoms with Gasteiger partial charge in [0.2, 0.25) is 11.8 Å². The highest BCUT2D eigenvalue weighted by Gasteiger charge is 2.21. The van der Waals surface area contributed by atoms with Crippen LogP contribution in [0.25, 0.3) is 0 Å². The predicted molar refractivity (Wildman–Crippen MR) is 44.4 cm³/mol. The number of aliphatic carboxylic acids is 1. The quantitative estimate of drug-likeness (QED) is 0.767. The van der Waals surface area contributed by atoms with E-state index in [9.17, 15) is 4.79 Å². The van der Waals surface area contributed by atoms with Crippen molar-refractivity contribution in [3.05, 3.63) is 11.8 Å². The predicted octanol–water partition coefficient (Wildman–Crippen LogP) is 1.38. The van der Waals surface area contributed by atoms with Crippen LogP contribution in [0.15, 0.2) is 4.42 Å². The summed E-state index contributed by atoms with van der Waals surface area (Å²) in [6, 6.07) is 0.